The molecular formula is C14H20N6. The fraction of sp³-hybridized carbons (Fsp3) is 0.571. The molecule has 0 radical (unpaired) electrons. The molecule has 0 saturated carbocycles. The van der Waals surface area contributed by atoms with E-state index in [1.807, 2.05) is 6.07 Å². The molecule has 106 valence electrons. The zero-order valence-electron chi connectivity index (χ0n) is 12.2. The lowest BCUT2D eigenvalue weighted by Gasteiger charge is -2.15. The highest BCUT2D eigenvalue weighted by Gasteiger charge is 2.21. The molecule has 2 aromatic heterocycles. The van der Waals surface area contributed by atoms with E-state index in [4.69, 9.17) is 0 Å². The Hall–Kier alpha value is -1.98. The van der Waals surface area contributed by atoms with Gasteiger partial charge in [0.2, 0.25) is 0 Å². The third-order valence-corrected chi connectivity index (χ3v) is 3.58. The molecule has 0 amide bonds. The zero-order chi connectivity index (χ0) is 14.1. The Morgan fingerprint density at radius 3 is 2.90 bits per heavy atom. The molecule has 0 spiro atoms. The summed E-state index contributed by atoms with van der Waals surface area (Å²) in [5, 5.41) is 11.9. The lowest BCUT2D eigenvalue weighted by atomic mass is 10.2. The second kappa shape index (κ2) is 5.19. The average Bonchev–Trinajstić information content (AvgIpc) is 3.00. The molecule has 1 N–H and O–H groups in total. The maximum Gasteiger partial charge on any atom is 0.155 e. The van der Waals surface area contributed by atoms with E-state index in [2.05, 4.69) is 50.8 Å². The Balaban J connectivity index is 1.78. The van der Waals surface area contributed by atoms with Crippen molar-refractivity contribution in [3.63, 3.8) is 0 Å². The van der Waals surface area contributed by atoms with Crippen LogP contribution in [0.25, 0.3) is 0 Å². The summed E-state index contributed by atoms with van der Waals surface area (Å²) in [7, 11) is 0. The zero-order valence-corrected chi connectivity index (χ0v) is 12.2. The minimum atomic E-state index is 0.0873. The number of aromatic nitrogens is 5. The van der Waals surface area contributed by atoms with Crippen LogP contribution in [0, 0.1) is 0 Å². The first-order valence-electron chi connectivity index (χ1n) is 7.16. The third kappa shape index (κ3) is 2.37. The SMILES string of the molecule is CC(C)c1nccc(NC(C)c2nnc3n2CCC3)n1. The maximum atomic E-state index is 4.54. The Morgan fingerprint density at radius 2 is 2.10 bits per heavy atom. The number of nitrogens with one attached hydrogen (secondary N) is 1. The predicted octanol–water partition coefficient (Wildman–Crippen LogP) is 2.31. The summed E-state index contributed by atoms with van der Waals surface area (Å²) < 4.78 is 2.21. The molecule has 3 heterocycles. The third-order valence-electron chi connectivity index (χ3n) is 3.58. The summed E-state index contributed by atoms with van der Waals surface area (Å²) in [5.74, 6) is 4.10. The van der Waals surface area contributed by atoms with Crippen LogP contribution in [0.3, 0.4) is 0 Å². The van der Waals surface area contributed by atoms with Crippen LogP contribution in [-0.4, -0.2) is 24.7 Å². The maximum absolute atomic E-state index is 4.54. The monoisotopic (exact) mass is 272 g/mol. The van der Waals surface area contributed by atoms with Gasteiger partial charge in [-0.2, -0.15) is 0 Å². The number of nitrogens with zero attached hydrogens (tertiary/aromatic N) is 5. The van der Waals surface area contributed by atoms with Crippen molar-refractivity contribution in [3.05, 3.63) is 29.7 Å². The van der Waals surface area contributed by atoms with E-state index in [9.17, 15) is 0 Å². The van der Waals surface area contributed by atoms with E-state index in [0.29, 0.717) is 5.92 Å². The molecule has 1 aliphatic rings. The van der Waals surface area contributed by atoms with Gasteiger partial charge in [0.25, 0.3) is 0 Å². The molecule has 3 rings (SSSR count). The van der Waals surface area contributed by atoms with Gasteiger partial charge < -0.3 is 9.88 Å². The number of rotatable bonds is 4. The van der Waals surface area contributed by atoms with Crippen molar-refractivity contribution in [2.24, 2.45) is 0 Å². The van der Waals surface area contributed by atoms with Crippen LogP contribution in [0.5, 0.6) is 0 Å². The number of hydrogen-bond donors (Lipinski definition) is 1. The number of fused-ring (bicyclic) bond motifs is 1. The summed E-state index contributed by atoms with van der Waals surface area (Å²) in [6.45, 7) is 7.29. The quantitative estimate of drug-likeness (QED) is 0.925. The molecule has 0 saturated heterocycles. The number of anilines is 1. The van der Waals surface area contributed by atoms with E-state index < -0.39 is 0 Å². The smallest absolute Gasteiger partial charge is 0.155 e. The van der Waals surface area contributed by atoms with Gasteiger partial charge in [0.1, 0.15) is 17.5 Å². The molecule has 0 aliphatic carbocycles. The largest absolute Gasteiger partial charge is 0.360 e. The lowest BCUT2D eigenvalue weighted by Crippen LogP contribution is -2.14. The lowest BCUT2D eigenvalue weighted by molar-refractivity contribution is 0.650. The van der Waals surface area contributed by atoms with Crippen molar-refractivity contribution in [1.29, 1.82) is 0 Å². The first-order chi connectivity index (χ1) is 9.65. The van der Waals surface area contributed by atoms with Crippen molar-refractivity contribution in [1.82, 2.24) is 24.7 Å². The van der Waals surface area contributed by atoms with Gasteiger partial charge in [-0.1, -0.05) is 13.8 Å². The van der Waals surface area contributed by atoms with Crippen molar-refractivity contribution in [3.8, 4) is 0 Å². The highest BCUT2D eigenvalue weighted by molar-refractivity contribution is 5.35. The normalized spacial score (nSPS) is 15.4. The minimum absolute atomic E-state index is 0.0873. The Kier molecular flexibility index (Phi) is 3.38. The van der Waals surface area contributed by atoms with Crippen molar-refractivity contribution < 1.29 is 0 Å². The molecule has 1 atom stereocenters. The molecule has 6 nitrogen and oxygen atoms in total. The van der Waals surface area contributed by atoms with Crippen LogP contribution < -0.4 is 5.32 Å². The summed E-state index contributed by atoms with van der Waals surface area (Å²) >= 11 is 0. The molecule has 20 heavy (non-hydrogen) atoms. The van der Waals surface area contributed by atoms with Gasteiger partial charge in [0, 0.05) is 25.1 Å². The van der Waals surface area contributed by atoms with Gasteiger partial charge in [-0.3, -0.25) is 0 Å². The number of aryl methyl sites for hydroxylation is 1. The molecular weight excluding hydrogens is 252 g/mol. The first kappa shape index (κ1) is 13.0. The average molecular weight is 272 g/mol. The van der Waals surface area contributed by atoms with E-state index in [0.717, 1.165) is 42.7 Å². The number of hydrogen-bond acceptors (Lipinski definition) is 5. The van der Waals surface area contributed by atoms with Crippen molar-refractivity contribution in [2.75, 3.05) is 5.32 Å². The van der Waals surface area contributed by atoms with Gasteiger partial charge in [0.15, 0.2) is 5.82 Å². The van der Waals surface area contributed by atoms with E-state index >= 15 is 0 Å². The second-order valence-electron chi connectivity index (χ2n) is 5.55. The highest BCUT2D eigenvalue weighted by Crippen LogP contribution is 2.22. The van der Waals surface area contributed by atoms with Gasteiger partial charge in [0.05, 0.1) is 6.04 Å². The standard InChI is InChI=1S/C14H20N6/c1-9(2)13-15-7-6-11(17-13)16-10(3)14-19-18-12-5-4-8-20(12)14/h6-7,9-10H,4-5,8H2,1-3H3,(H,15,16,17). The Bertz CT molecular complexity index is 603. The summed E-state index contributed by atoms with van der Waals surface area (Å²) in [5.41, 5.74) is 0. The van der Waals surface area contributed by atoms with Crippen LogP contribution in [0.2, 0.25) is 0 Å². The molecule has 2 aromatic rings. The second-order valence-corrected chi connectivity index (χ2v) is 5.55. The van der Waals surface area contributed by atoms with E-state index in [1.165, 1.54) is 0 Å². The molecule has 1 unspecified atom stereocenters. The highest BCUT2D eigenvalue weighted by atomic mass is 15.3. The van der Waals surface area contributed by atoms with Gasteiger partial charge >= 0.3 is 0 Å². The fourth-order valence-corrected chi connectivity index (χ4v) is 2.51. The van der Waals surface area contributed by atoms with Crippen molar-refractivity contribution >= 4 is 5.82 Å². The topological polar surface area (TPSA) is 68.5 Å². The first-order valence-corrected chi connectivity index (χ1v) is 7.16. The predicted molar refractivity (Wildman–Crippen MR) is 76.5 cm³/mol. The molecule has 1 aliphatic heterocycles. The summed E-state index contributed by atoms with van der Waals surface area (Å²) in [6, 6.07) is 1.98. The van der Waals surface area contributed by atoms with E-state index in [1.54, 1.807) is 6.20 Å². The molecule has 0 aromatic carbocycles. The minimum Gasteiger partial charge on any atom is -0.360 e. The van der Waals surface area contributed by atoms with Crippen LogP contribution in [0.15, 0.2) is 12.3 Å². The molecule has 6 heteroatoms. The Morgan fingerprint density at radius 1 is 1.25 bits per heavy atom. The van der Waals surface area contributed by atoms with Crippen LogP contribution >= 0.6 is 0 Å². The summed E-state index contributed by atoms with van der Waals surface area (Å²) in [4.78, 5) is 8.82. The summed E-state index contributed by atoms with van der Waals surface area (Å²) in [6.07, 6.45) is 3.99. The van der Waals surface area contributed by atoms with Crippen LogP contribution in [0.1, 0.15) is 56.6 Å². The van der Waals surface area contributed by atoms with Gasteiger partial charge in [-0.25, -0.2) is 9.97 Å². The van der Waals surface area contributed by atoms with Gasteiger partial charge in [-0.05, 0) is 19.4 Å². The van der Waals surface area contributed by atoms with Crippen molar-refractivity contribution in [2.45, 2.75) is 52.1 Å². The van der Waals surface area contributed by atoms with Crippen LogP contribution in [-0.2, 0) is 13.0 Å². The molecule has 0 fully saturated rings. The molecule has 0 bridgehead atoms. The van der Waals surface area contributed by atoms with E-state index in [-0.39, 0.29) is 6.04 Å². The Labute approximate surface area is 118 Å². The van der Waals surface area contributed by atoms with Crippen LogP contribution in [0.4, 0.5) is 5.82 Å². The fourth-order valence-electron chi connectivity index (χ4n) is 2.51. The van der Waals surface area contributed by atoms with Gasteiger partial charge in [-0.15, -0.1) is 10.2 Å².